The molecule has 1 fully saturated rings. The second kappa shape index (κ2) is 8.01. The maximum atomic E-state index is 13.6. The van der Waals surface area contributed by atoms with Gasteiger partial charge >= 0.3 is 0 Å². The summed E-state index contributed by atoms with van der Waals surface area (Å²) in [5.41, 5.74) is 0.0444. The number of nitrogens with one attached hydrogen (secondary N) is 1. The van der Waals surface area contributed by atoms with Crippen molar-refractivity contribution < 1.29 is 14.0 Å². The first-order valence-corrected chi connectivity index (χ1v) is 7.91. The molecule has 2 amide bonds. The first-order chi connectivity index (χ1) is 11.0. The number of rotatable bonds is 5. The quantitative estimate of drug-likeness (QED) is 0.874. The average molecular weight is 322 g/mol. The van der Waals surface area contributed by atoms with E-state index in [2.05, 4.69) is 10.3 Å². The van der Waals surface area contributed by atoms with Gasteiger partial charge in [0, 0.05) is 38.4 Å². The molecule has 0 saturated carbocycles. The molecule has 23 heavy (non-hydrogen) atoms. The van der Waals surface area contributed by atoms with E-state index in [9.17, 15) is 14.0 Å². The van der Waals surface area contributed by atoms with Gasteiger partial charge in [0.2, 0.25) is 5.91 Å². The molecule has 0 radical (unpaired) electrons. The molecular formula is C16H23FN4O2. The van der Waals surface area contributed by atoms with E-state index >= 15 is 0 Å². The van der Waals surface area contributed by atoms with E-state index in [0.717, 1.165) is 12.6 Å². The molecular weight excluding hydrogens is 299 g/mol. The number of aromatic nitrogens is 1. The number of pyridine rings is 1. The van der Waals surface area contributed by atoms with Crippen molar-refractivity contribution in [3.8, 4) is 0 Å². The second-order valence-corrected chi connectivity index (χ2v) is 5.80. The number of piperazine rings is 1. The minimum absolute atomic E-state index is 0.000644. The number of amides is 2. The molecule has 0 bridgehead atoms. The Hall–Kier alpha value is -2.02. The van der Waals surface area contributed by atoms with Crippen molar-refractivity contribution in [1.82, 2.24) is 20.1 Å². The Labute approximate surface area is 135 Å². The van der Waals surface area contributed by atoms with Crippen LogP contribution in [-0.4, -0.2) is 65.4 Å². The maximum absolute atomic E-state index is 13.6. The number of carbonyl (C=O) groups is 2. The smallest absolute Gasteiger partial charge is 0.257 e. The van der Waals surface area contributed by atoms with Gasteiger partial charge in [-0.15, -0.1) is 0 Å². The number of hydrogen-bond acceptors (Lipinski definition) is 4. The van der Waals surface area contributed by atoms with E-state index in [1.54, 1.807) is 4.90 Å². The summed E-state index contributed by atoms with van der Waals surface area (Å²) in [5.74, 6) is -0.930. The van der Waals surface area contributed by atoms with E-state index in [1.165, 1.54) is 12.3 Å². The summed E-state index contributed by atoms with van der Waals surface area (Å²) in [5, 5.41) is 2.93. The van der Waals surface area contributed by atoms with Crippen LogP contribution in [0.2, 0.25) is 0 Å². The van der Waals surface area contributed by atoms with Gasteiger partial charge in [-0.2, -0.15) is 0 Å². The highest BCUT2D eigenvalue weighted by Crippen LogP contribution is 2.11. The molecule has 6 nitrogen and oxygen atoms in total. The Bertz CT molecular complexity index is 559. The highest BCUT2D eigenvalue weighted by Gasteiger charge is 2.25. The van der Waals surface area contributed by atoms with E-state index < -0.39 is 5.82 Å². The normalized spacial score (nSPS) is 16.9. The third kappa shape index (κ3) is 4.72. The fraction of sp³-hybridized carbons (Fsp3) is 0.562. The van der Waals surface area contributed by atoms with Gasteiger partial charge in [-0.3, -0.25) is 19.5 Å². The monoisotopic (exact) mass is 322 g/mol. The molecule has 1 aromatic rings. The van der Waals surface area contributed by atoms with Crippen LogP contribution >= 0.6 is 0 Å². The molecule has 0 aliphatic carbocycles. The molecule has 0 spiro atoms. The van der Waals surface area contributed by atoms with Crippen molar-refractivity contribution >= 4 is 11.8 Å². The Morgan fingerprint density at radius 2 is 2.04 bits per heavy atom. The van der Waals surface area contributed by atoms with Gasteiger partial charge in [-0.05, 0) is 19.4 Å². The summed E-state index contributed by atoms with van der Waals surface area (Å²) in [6.45, 7) is 6.49. The number of carbonyl (C=O) groups excluding carboxylic acids is 2. The molecule has 2 heterocycles. The predicted molar refractivity (Wildman–Crippen MR) is 84.4 cm³/mol. The number of hydrogen-bond donors (Lipinski definition) is 1. The zero-order chi connectivity index (χ0) is 16.8. The van der Waals surface area contributed by atoms with Crippen molar-refractivity contribution in [2.24, 2.45) is 0 Å². The third-order valence-electron chi connectivity index (χ3n) is 4.05. The molecule has 1 aliphatic heterocycles. The van der Waals surface area contributed by atoms with Crippen LogP contribution in [0.5, 0.6) is 0 Å². The van der Waals surface area contributed by atoms with Gasteiger partial charge in [-0.1, -0.05) is 6.92 Å². The topological polar surface area (TPSA) is 65.5 Å². The van der Waals surface area contributed by atoms with Crippen molar-refractivity contribution in [1.29, 1.82) is 0 Å². The minimum Gasteiger partial charge on any atom is -0.353 e. The molecule has 2 rings (SSSR count). The molecule has 1 aliphatic rings. The fourth-order valence-electron chi connectivity index (χ4n) is 2.45. The predicted octanol–water partition coefficient (Wildman–Crippen LogP) is 0.893. The van der Waals surface area contributed by atoms with E-state index in [-0.39, 0.29) is 23.4 Å². The van der Waals surface area contributed by atoms with Gasteiger partial charge in [0.1, 0.15) is 0 Å². The second-order valence-electron chi connectivity index (χ2n) is 5.80. The summed E-state index contributed by atoms with van der Waals surface area (Å²) < 4.78 is 13.6. The summed E-state index contributed by atoms with van der Waals surface area (Å²) >= 11 is 0. The SMILES string of the molecule is CCC(C)NC(=O)CN1CCN(C(=O)c2ccncc2F)CC1. The van der Waals surface area contributed by atoms with Gasteiger partial charge in [0.05, 0.1) is 18.3 Å². The highest BCUT2D eigenvalue weighted by atomic mass is 19.1. The maximum Gasteiger partial charge on any atom is 0.257 e. The molecule has 126 valence electrons. The number of nitrogens with zero attached hydrogens (tertiary/aromatic N) is 3. The Balaban J connectivity index is 1.83. The third-order valence-corrected chi connectivity index (χ3v) is 4.05. The Morgan fingerprint density at radius 3 is 2.65 bits per heavy atom. The molecule has 1 aromatic heterocycles. The number of halogens is 1. The van der Waals surface area contributed by atoms with Crippen LogP contribution in [0.3, 0.4) is 0 Å². The lowest BCUT2D eigenvalue weighted by atomic mass is 10.2. The lowest BCUT2D eigenvalue weighted by Crippen LogP contribution is -2.51. The zero-order valence-corrected chi connectivity index (χ0v) is 13.6. The molecule has 7 heteroatoms. The largest absolute Gasteiger partial charge is 0.353 e. The summed E-state index contributed by atoms with van der Waals surface area (Å²) in [6, 6.07) is 1.56. The fourth-order valence-corrected chi connectivity index (χ4v) is 2.45. The molecule has 1 atom stereocenters. The lowest BCUT2D eigenvalue weighted by Gasteiger charge is -2.34. The minimum atomic E-state index is -0.604. The van der Waals surface area contributed by atoms with Crippen LogP contribution in [0, 0.1) is 5.82 Å². The van der Waals surface area contributed by atoms with Crippen LogP contribution in [0.25, 0.3) is 0 Å². The van der Waals surface area contributed by atoms with Crippen LogP contribution in [0.15, 0.2) is 18.5 Å². The summed E-state index contributed by atoms with van der Waals surface area (Å²) in [4.78, 5) is 31.4. The summed E-state index contributed by atoms with van der Waals surface area (Å²) in [7, 11) is 0. The van der Waals surface area contributed by atoms with Gasteiger partial charge in [0.25, 0.3) is 5.91 Å². The Kier molecular flexibility index (Phi) is 6.04. The lowest BCUT2D eigenvalue weighted by molar-refractivity contribution is -0.123. The highest BCUT2D eigenvalue weighted by molar-refractivity contribution is 5.94. The molecule has 0 aromatic carbocycles. The van der Waals surface area contributed by atoms with Gasteiger partial charge < -0.3 is 10.2 Å². The van der Waals surface area contributed by atoms with Crippen molar-refractivity contribution in [2.75, 3.05) is 32.7 Å². The van der Waals surface area contributed by atoms with Crippen molar-refractivity contribution in [3.05, 3.63) is 29.8 Å². The van der Waals surface area contributed by atoms with Crippen LogP contribution in [0.1, 0.15) is 30.6 Å². The van der Waals surface area contributed by atoms with Crippen molar-refractivity contribution in [3.63, 3.8) is 0 Å². The molecule has 1 unspecified atom stereocenters. The standard InChI is InChI=1S/C16H23FN4O2/c1-3-12(2)19-15(22)11-20-6-8-21(9-7-20)16(23)13-4-5-18-10-14(13)17/h4-5,10,12H,3,6-9,11H2,1-2H3,(H,19,22). The van der Waals surface area contributed by atoms with Gasteiger partial charge in [-0.25, -0.2) is 4.39 Å². The molecule has 1 N–H and O–H groups in total. The van der Waals surface area contributed by atoms with E-state index in [0.29, 0.717) is 32.7 Å². The van der Waals surface area contributed by atoms with Crippen LogP contribution in [-0.2, 0) is 4.79 Å². The first kappa shape index (κ1) is 17.3. The van der Waals surface area contributed by atoms with Crippen LogP contribution < -0.4 is 5.32 Å². The zero-order valence-electron chi connectivity index (χ0n) is 13.6. The van der Waals surface area contributed by atoms with E-state index in [4.69, 9.17) is 0 Å². The Morgan fingerprint density at radius 1 is 1.35 bits per heavy atom. The van der Waals surface area contributed by atoms with Gasteiger partial charge in [0.15, 0.2) is 5.82 Å². The van der Waals surface area contributed by atoms with Crippen molar-refractivity contribution in [2.45, 2.75) is 26.3 Å². The van der Waals surface area contributed by atoms with E-state index in [1.807, 2.05) is 18.7 Å². The molecule has 1 saturated heterocycles. The average Bonchev–Trinajstić information content (AvgIpc) is 2.55. The first-order valence-electron chi connectivity index (χ1n) is 7.91. The summed E-state index contributed by atoms with van der Waals surface area (Å²) in [6.07, 6.45) is 3.35. The van der Waals surface area contributed by atoms with Crippen LogP contribution in [0.4, 0.5) is 4.39 Å².